The number of nitrogens with one attached hydrogen (secondary N) is 1. The number of rotatable bonds is 2. The van der Waals surface area contributed by atoms with E-state index in [1.165, 1.54) is 0 Å². The van der Waals surface area contributed by atoms with Gasteiger partial charge in [-0.05, 0) is 5.56 Å². The quantitative estimate of drug-likeness (QED) is 0.770. The summed E-state index contributed by atoms with van der Waals surface area (Å²) in [5, 5.41) is 6.55. The van der Waals surface area contributed by atoms with E-state index in [1.807, 2.05) is 18.2 Å². The third-order valence-electron chi connectivity index (χ3n) is 1.90. The maximum Gasteiger partial charge on any atom is 0.150 e. The fourth-order valence-electron chi connectivity index (χ4n) is 1.26. The number of H-pyrrole nitrogens is 1. The van der Waals surface area contributed by atoms with Gasteiger partial charge in [-0.1, -0.05) is 24.3 Å². The van der Waals surface area contributed by atoms with Crippen LogP contribution < -0.4 is 0 Å². The lowest BCUT2D eigenvalue weighted by atomic mass is 10.0. The Labute approximate surface area is 87.6 Å². The molecule has 0 aliphatic carbocycles. The molecule has 0 saturated carbocycles. The van der Waals surface area contributed by atoms with Crippen molar-refractivity contribution in [2.75, 3.05) is 0 Å². The largest absolute Gasteiger partial charge is 0.298 e. The number of hydrogen-bond acceptors (Lipinski definition) is 2. The number of carbonyl (C=O) groups excluding carboxylic acids is 1. The van der Waals surface area contributed by atoms with Crippen molar-refractivity contribution in [3.8, 4) is 11.1 Å². The molecule has 0 aliphatic rings. The first-order chi connectivity index (χ1) is 6.42. The van der Waals surface area contributed by atoms with Crippen molar-refractivity contribution in [3.05, 3.63) is 42.2 Å². The van der Waals surface area contributed by atoms with Gasteiger partial charge in [-0.3, -0.25) is 9.89 Å². The van der Waals surface area contributed by atoms with E-state index in [2.05, 4.69) is 10.2 Å². The topological polar surface area (TPSA) is 45.8 Å². The molecule has 0 saturated heterocycles. The van der Waals surface area contributed by atoms with Crippen LogP contribution in [0.3, 0.4) is 0 Å². The zero-order valence-electron chi connectivity index (χ0n) is 7.31. The van der Waals surface area contributed by atoms with Gasteiger partial charge >= 0.3 is 0 Å². The third-order valence-corrected chi connectivity index (χ3v) is 1.90. The molecule has 1 N–H and O–H groups in total. The van der Waals surface area contributed by atoms with Gasteiger partial charge in [0.2, 0.25) is 0 Å². The normalized spacial score (nSPS) is 9.14. The highest BCUT2D eigenvalue weighted by Crippen LogP contribution is 2.20. The summed E-state index contributed by atoms with van der Waals surface area (Å²) in [5.41, 5.74) is 2.53. The summed E-state index contributed by atoms with van der Waals surface area (Å²) in [6, 6.07) is 7.42. The molecule has 0 atom stereocenters. The lowest BCUT2D eigenvalue weighted by molar-refractivity contribution is 0.112. The number of halogens is 1. The highest BCUT2D eigenvalue weighted by Gasteiger charge is 2.03. The molecule has 0 unspecified atom stereocenters. The number of aldehydes is 1. The Morgan fingerprint density at radius 1 is 1.29 bits per heavy atom. The van der Waals surface area contributed by atoms with E-state index in [4.69, 9.17) is 0 Å². The van der Waals surface area contributed by atoms with Crippen molar-refractivity contribution in [2.24, 2.45) is 0 Å². The van der Waals surface area contributed by atoms with Gasteiger partial charge in [0.15, 0.2) is 6.29 Å². The van der Waals surface area contributed by atoms with Gasteiger partial charge in [-0.15, -0.1) is 12.4 Å². The molecule has 0 fully saturated rings. The third kappa shape index (κ3) is 1.83. The fraction of sp³-hybridized carbons (Fsp3) is 0. The van der Waals surface area contributed by atoms with Crippen LogP contribution in [0.5, 0.6) is 0 Å². The Balaban J connectivity index is 0.000000980. The molecule has 72 valence electrons. The molecule has 3 nitrogen and oxygen atoms in total. The molecule has 4 heteroatoms. The number of carbonyl (C=O) groups is 1. The van der Waals surface area contributed by atoms with Crippen LogP contribution in [-0.2, 0) is 0 Å². The molecular formula is C10H9ClN2O. The van der Waals surface area contributed by atoms with Crippen LogP contribution in [0.1, 0.15) is 10.4 Å². The average Bonchev–Trinajstić information content (AvgIpc) is 2.70. The number of aromatic amines is 1. The number of nitrogens with zero attached hydrogens (tertiary/aromatic N) is 1. The van der Waals surface area contributed by atoms with E-state index in [0.717, 1.165) is 17.4 Å². The van der Waals surface area contributed by atoms with Crippen LogP contribution in [0.15, 0.2) is 36.7 Å². The Kier molecular flexibility index (Phi) is 3.42. The molecule has 2 rings (SSSR count). The Morgan fingerprint density at radius 3 is 2.71 bits per heavy atom. The predicted octanol–water partition coefficient (Wildman–Crippen LogP) is 2.31. The second-order valence-corrected chi connectivity index (χ2v) is 2.69. The lowest BCUT2D eigenvalue weighted by Crippen LogP contribution is -1.84. The lowest BCUT2D eigenvalue weighted by Gasteiger charge is -1.99. The minimum absolute atomic E-state index is 0. The van der Waals surface area contributed by atoms with Crippen LogP contribution >= 0.6 is 12.4 Å². The first-order valence-corrected chi connectivity index (χ1v) is 3.95. The summed E-state index contributed by atoms with van der Waals surface area (Å²) in [7, 11) is 0. The number of benzene rings is 1. The molecule has 2 aromatic rings. The van der Waals surface area contributed by atoms with Crippen molar-refractivity contribution >= 4 is 18.7 Å². The molecular weight excluding hydrogens is 200 g/mol. The molecule has 1 aromatic carbocycles. The number of aromatic nitrogens is 2. The second kappa shape index (κ2) is 4.58. The van der Waals surface area contributed by atoms with E-state index in [0.29, 0.717) is 5.56 Å². The van der Waals surface area contributed by atoms with Gasteiger partial charge in [0, 0.05) is 17.3 Å². The van der Waals surface area contributed by atoms with Gasteiger partial charge in [0.25, 0.3) is 0 Å². The molecule has 14 heavy (non-hydrogen) atoms. The SMILES string of the molecule is Cl.O=Cc1ccccc1-c1cn[nH]c1. The molecule has 0 aliphatic heterocycles. The van der Waals surface area contributed by atoms with Gasteiger partial charge < -0.3 is 0 Å². The standard InChI is InChI=1S/C10H8N2O.ClH/c13-7-8-3-1-2-4-10(8)9-5-11-12-6-9;/h1-7H,(H,11,12);1H. The van der Waals surface area contributed by atoms with Crippen molar-refractivity contribution in [1.82, 2.24) is 10.2 Å². The molecule has 0 bridgehead atoms. The summed E-state index contributed by atoms with van der Waals surface area (Å²) in [4.78, 5) is 10.7. The minimum Gasteiger partial charge on any atom is -0.298 e. The Hall–Kier alpha value is -1.61. The maximum atomic E-state index is 10.7. The summed E-state index contributed by atoms with van der Waals surface area (Å²) < 4.78 is 0. The van der Waals surface area contributed by atoms with Crippen LogP contribution in [0, 0.1) is 0 Å². The van der Waals surface area contributed by atoms with Gasteiger partial charge in [0.05, 0.1) is 6.20 Å². The predicted molar refractivity (Wildman–Crippen MR) is 56.7 cm³/mol. The Morgan fingerprint density at radius 2 is 2.07 bits per heavy atom. The van der Waals surface area contributed by atoms with Crippen LogP contribution in [0.25, 0.3) is 11.1 Å². The van der Waals surface area contributed by atoms with E-state index in [9.17, 15) is 4.79 Å². The first kappa shape index (κ1) is 10.5. The summed E-state index contributed by atoms with van der Waals surface area (Å²) in [6.45, 7) is 0. The number of hydrogen-bond donors (Lipinski definition) is 1. The maximum absolute atomic E-state index is 10.7. The zero-order chi connectivity index (χ0) is 9.10. The van der Waals surface area contributed by atoms with Crippen molar-refractivity contribution in [3.63, 3.8) is 0 Å². The van der Waals surface area contributed by atoms with Crippen molar-refractivity contribution < 1.29 is 4.79 Å². The molecule has 0 spiro atoms. The summed E-state index contributed by atoms with van der Waals surface area (Å²) >= 11 is 0. The zero-order valence-corrected chi connectivity index (χ0v) is 8.12. The second-order valence-electron chi connectivity index (χ2n) is 2.69. The molecule has 0 radical (unpaired) electrons. The van der Waals surface area contributed by atoms with E-state index < -0.39 is 0 Å². The molecule has 1 aromatic heterocycles. The Bertz CT molecular complexity index is 412. The summed E-state index contributed by atoms with van der Waals surface area (Å²) in [6.07, 6.45) is 4.31. The highest BCUT2D eigenvalue weighted by molar-refractivity contribution is 5.87. The first-order valence-electron chi connectivity index (χ1n) is 3.95. The van der Waals surface area contributed by atoms with Gasteiger partial charge in [-0.25, -0.2) is 0 Å². The minimum atomic E-state index is 0. The van der Waals surface area contributed by atoms with Crippen molar-refractivity contribution in [2.45, 2.75) is 0 Å². The van der Waals surface area contributed by atoms with Crippen LogP contribution in [-0.4, -0.2) is 16.5 Å². The van der Waals surface area contributed by atoms with Crippen LogP contribution in [0.2, 0.25) is 0 Å². The van der Waals surface area contributed by atoms with E-state index in [-0.39, 0.29) is 12.4 Å². The van der Waals surface area contributed by atoms with Crippen LogP contribution in [0.4, 0.5) is 0 Å². The highest BCUT2D eigenvalue weighted by atomic mass is 35.5. The van der Waals surface area contributed by atoms with Gasteiger partial charge in [0.1, 0.15) is 0 Å². The monoisotopic (exact) mass is 208 g/mol. The van der Waals surface area contributed by atoms with Gasteiger partial charge in [-0.2, -0.15) is 5.10 Å². The smallest absolute Gasteiger partial charge is 0.150 e. The fourth-order valence-corrected chi connectivity index (χ4v) is 1.26. The van der Waals surface area contributed by atoms with Crippen molar-refractivity contribution in [1.29, 1.82) is 0 Å². The molecule has 1 heterocycles. The van der Waals surface area contributed by atoms with E-state index in [1.54, 1.807) is 18.5 Å². The molecule has 0 amide bonds. The average molecular weight is 209 g/mol. The summed E-state index contributed by atoms with van der Waals surface area (Å²) in [5.74, 6) is 0. The van der Waals surface area contributed by atoms with E-state index >= 15 is 0 Å².